The smallest absolute Gasteiger partial charge is 0.340 e. The van der Waals surface area contributed by atoms with E-state index in [1.54, 1.807) is 6.07 Å². The van der Waals surface area contributed by atoms with Crippen molar-refractivity contribution in [2.75, 3.05) is 12.8 Å². The van der Waals surface area contributed by atoms with Gasteiger partial charge in [0.25, 0.3) is 0 Å². The molecule has 1 rings (SSSR count). The lowest BCUT2D eigenvalue weighted by molar-refractivity contribution is 0.00682. The number of esters is 1. The predicted octanol–water partition coefficient (Wildman–Crippen LogP) is 3.30. The third-order valence-corrected chi connectivity index (χ3v) is 3.22. The second kappa shape index (κ2) is 5.18. The molecule has 0 fully saturated rings. The van der Waals surface area contributed by atoms with E-state index in [2.05, 4.69) is 15.9 Å². The van der Waals surface area contributed by atoms with E-state index in [0.717, 1.165) is 5.56 Å². The molecule has 0 unspecified atom stereocenters. The number of carbonyl (C=O) groups is 1. The van der Waals surface area contributed by atoms with Gasteiger partial charge in [-0.25, -0.2) is 4.79 Å². The van der Waals surface area contributed by atoms with Crippen molar-refractivity contribution >= 4 is 27.6 Å². The van der Waals surface area contributed by atoms with E-state index in [9.17, 15) is 4.79 Å². The van der Waals surface area contributed by atoms with Crippen LogP contribution in [0.2, 0.25) is 0 Å². The standard InChI is InChI=1S/C13H18BrNO3/c1-7-9(17-5)6-8(10(14)11(7)15)12(16)18-13(2,3)4/h6H,15H2,1-5H3. The maximum absolute atomic E-state index is 12.0. The molecule has 0 amide bonds. The van der Waals surface area contributed by atoms with E-state index in [1.807, 2.05) is 27.7 Å². The number of rotatable bonds is 2. The van der Waals surface area contributed by atoms with Gasteiger partial charge in [0.15, 0.2) is 0 Å². The highest BCUT2D eigenvalue weighted by atomic mass is 79.9. The summed E-state index contributed by atoms with van der Waals surface area (Å²) in [6, 6.07) is 1.63. The number of hydrogen-bond donors (Lipinski definition) is 1. The zero-order valence-corrected chi connectivity index (χ0v) is 12.8. The molecule has 0 aliphatic carbocycles. The molecule has 0 aliphatic rings. The molecule has 100 valence electrons. The number of ether oxygens (including phenoxy) is 2. The highest BCUT2D eigenvalue weighted by Crippen LogP contribution is 2.35. The third-order valence-electron chi connectivity index (χ3n) is 2.36. The number of anilines is 1. The van der Waals surface area contributed by atoms with E-state index in [0.29, 0.717) is 21.5 Å². The summed E-state index contributed by atoms with van der Waals surface area (Å²) >= 11 is 3.32. The summed E-state index contributed by atoms with van der Waals surface area (Å²) in [6.45, 7) is 7.27. The van der Waals surface area contributed by atoms with Crippen LogP contribution >= 0.6 is 15.9 Å². The van der Waals surface area contributed by atoms with E-state index in [1.165, 1.54) is 7.11 Å². The van der Waals surface area contributed by atoms with Crippen LogP contribution in [0.25, 0.3) is 0 Å². The Labute approximate surface area is 116 Å². The maximum Gasteiger partial charge on any atom is 0.340 e. The first-order valence-corrected chi connectivity index (χ1v) is 6.32. The molecule has 18 heavy (non-hydrogen) atoms. The average molecular weight is 316 g/mol. The molecule has 1 aromatic rings. The molecule has 1 aromatic carbocycles. The summed E-state index contributed by atoms with van der Waals surface area (Å²) in [6.07, 6.45) is 0. The first-order chi connectivity index (χ1) is 8.17. The van der Waals surface area contributed by atoms with Crippen LogP contribution in [0.4, 0.5) is 5.69 Å². The molecule has 4 nitrogen and oxygen atoms in total. The van der Waals surface area contributed by atoms with Crippen molar-refractivity contribution in [1.29, 1.82) is 0 Å². The van der Waals surface area contributed by atoms with Crippen molar-refractivity contribution in [2.24, 2.45) is 0 Å². The fraction of sp³-hybridized carbons (Fsp3) is 0.462. The molecule has 0 aromatic heterocycles. The highest BCUT2D eigenvalue weighted by Gasteiger charge is 2.23. The fourth-order valence-electron chi connectivity index (χ4n) is 1.44. The lowest BCUT2D eigenvalue weighted by Crippen LogP contribution is -2.24. The first-order valence-electron chi connectivity index (χ1n) is 5.53. The van der Waals surface area contributed by atoms with Gasteiger partial charge in [-0.2, -0.15) is 0 Å². The Balaban J connectivity index is 3.25. The third kappa shape index (κ3) is 3.16. The van der Waals surface area contributed by atoms with Crippen molar-refractivity contribution in [3.63, 3.8) is 0 Å². The molecular formula is C13H18BrNO3. The minimum Gasteiger partial charge on any atom is -0.496 e. The number of nitrogens with two attached hydrogens (primary N) is 1. The van der Waals surface area contributed by atoms with Crippen molar-refractivity contribution < 1.29 is 14.3 Å². The molecule has 0 radical (unpaired) electrons. The second-order valence-electron chi connectivity index (χ2n) is 4.98. The zero-order chi connectivity index (χ0) is 14.1. The minimum atomic E-state index is -0.552. The summed E-state index contributed by atoms with van der Waals surface area (Å²) in [5, 5.41) is 0. The molecule has 0 saturated carbocycles. The van der Waals surface area contributed by atoms with Gasteiger partial charge in [0, 0.05) is 5.56 Å². The van der Waals surface area contributed by atoms with Crippen LogP contribution in [0.3, 0.4) is 0 Å². The van der Waals surface area contributed by atoms with Crippen molar-refractivity contribution in [3.05, 3.63) is 21.7 Å². The van der Waals surface area contributed by atoms with Gasteiger partial charge >= 0.3 is 5.97 Å². The molecule has 0 heterocycles. The topological polar surface area (TPSA) is 61.5 Å². The predicted molar refractivity (Wildman–Crippen MR) is 75.0 cm³/mol. The van der Waals surface area contributed by atoms with Crippen LogP contribution in [-0.4, -0.2) is 18.7 Å². The number of hydrogen-bond acceptors (Lipinski definition) is 4. The Morgan fingerprint density at radius 3 is 2.39 bits per heavy atom. The number of benzene rings is 1. The number of halogens is 1. The normalized spacial score (nSPS) is 11.2. The molecule has 2 N–H and O–H groups in total. The number of methoxy groups -OCH3 is 1. The van der Waals surface area contributed by atoms with E-state index < -0.39 is 11.6 Å². The SMILES string of the molecule is COc1cc(C(=O)OC(C)(C)C)c(Br)c(N)c1C. The van der Waals surface area contributed by atoms with Gasteiger partial charge in [-0.15, -0.1) is 0 Å². The van der Waals surface area contributed by atoms with Gasteiger partial charge in [-0.3, -0.25) is 0 Å². The van der Waals surface area contributed by atoms with Gasteiger partial charge in [-0.05, 0) is 49.7 Å². The Hall–Kier alpha value is -1.23. The Kier molecular flexibility index (Phi) is 4.27. The molecule has 0 bridgehead atoms. The molecule has 0 spiro atoms. The van der Waals surface area contributed by atoms with Crippen LogP contribution in [-0.2, 0) is 4.74 Å². The number of carbonyl (C=O) groups excluding carboxylic acids is 1. The quantitative estimate of drug-likeness (QED) is 0.672. The molecular weight excluding hydrogens is 298 g/mol. The van der Waals surface area contributed by atoms with Gasteiger partial charge < -0.3 is 15.2 Å². The number of nitrogen functional groups attached to an aromatic ring is 1. The summed E-state index contributed by atoms with van der Waals surface area (Å²) < 4.78 is 11.0. The van der Waals surface area contributed by atoms with Crippen LogP contribution in [0.5, 0.6) is 5.75 Å². The van der Waals surface area contributed by atoms with E-state index in [4.69, 9.17) is 15.2 Å². The van der Waals surface area contributed by atoms with Crippen molar-refractivity contribution in [3.8, 4) is 5.75 Å². The Morgan fingerprint density at radius 1 is 1.39 bits per heavy atom. The van der Waals surface area contributed by atoms with Crippen LogP contribution in [0.1, 0.15) is 36.7 Å². The van der Waals surface area contributed by atoms with Gasteiger partial charge in [0.1, 0.15) is 11.4 Å². The maximum atomic E-state index is 12.0. The molecule has 0 aliphatic heterocycles. The van der Waals surface area contributed by atoms with Crippen LogP contribution in [0, 0.1) is 6.92 Å². The summed E-state index contributed by atoms with van der Waals surface area (Å²) in [7, 11) is 1.54. The summed E-state index contributed by atoms with van der Waals surface area (Å²) in [5.41, 5.74) is 7.01. The van der Waals surface area contributed by atoms with Gasteiger partial charge in [0.2, 0.25) is 0 Å². The molecule has 0 saturated heterocycles. The van der Waals surface area contributed by atoms with Crippen LogP contribution in [0.15, 0.2) is 10.5 Å². The minimum absolute atomic E-state index is 0.366. The first kappa shape index (κ1) is 14.8. The highest BCUT2D eigenvalue weighted by molar-refractivity contribution is 9.10. The fourth-order valence-corrected chi connectivity index (χ4v) is 2.01. The second-order valence-corrected chi connectivity index (χ2v) is 5.77. The lowest BCUT2D eigenvalue weighted by Gasteiger charge is -2.21. The summed E-state index contributed by atoms with van der Waals surface area (Å²) in [5.74, 6) is 0.135. The monoisotopic (exact) mass is 315 g/mol. The largest absolute Gasteiger partial charge is 0.496 e. The van der Waals surface area contributed by atoms with Gasteiger partial charge in [0.05, 0.1) is 22.8 Å². The zero-order valence-electron chi connectivity index (χ0n) is 11.3. The van der Waals surface area contributed by atoms with Gasteiger partial charge in [-0.1, -0.05) is 0 Å². The van der Waals surface area contributed by atoms with Crippen LogP contribution < -0.4 is 10.5 Å². The van der Waals surface area contributed by atoms with Crippen molar-refractivity contribution in [2.45, 2.75) is 33.3 Å². The van der Waals surface area contributed by atoms with Crippen molar-refractivity contribution in [1.82, 2.24) is 0 Å². The van der Waals surface area contributed by atoms with E-state index in [-0.39, 0.29) is 0 Å². The molecule has 5 heteroatoms. The average Bonchev–Trinajstić information content (AvgIpc) is 2.24. The Morgan fingerprint density at radius 2 is 1.94 bits per heavy atom. The summed E-state index contributed by atoms with van der Waals surface area (Å²) in [4.78, 5) is 12.0. The van der Waals surface area contributed by atoms with E-state index >= 15 is 0 Å². The Bertz CT molecular complexity index is 478. The molecule has 0 atom stereocenters. The lowest BCUT2D eigenvalue weighted by atomic mass is 10.1.